The van der Waals surface area contributed by atoms with Crippen molar-refractivity contribution in [3.63, 3.8) is 0 Å². The number of ether oxygens (including phenoxy) is 1. The monoisotopic (exact) mass is 415 g/mol. The molecule has 0 aliphatic heterocycles. The number of carbonyl (C=O) groups is 1. The second-order valence-electron chi connectivity index (χ2n) is 7.33. The third kappa shape index (κ3) is 5.34. The largest absolute Gasteiger partial charge is 0.457 e. The fourth-order valence-corrected chi connectivity index (χ4v) is 3.28. The van der Waals surface area contributed by atoms with Crippen molar-refractivity contribution in [3.8, 4) is 11.5 Å². The number of nitrogens with one attached hydrogen (secondary N) is 3. The van der Waals surface area contributed by atoms with Gasteiger partial charge in [0, 0.05) is 5.69 Å². The van der Waals surface area contributed by atoms with Gasteiger partial charge >= 0.3 is 0 Å². The molecule has 0 fully saturated rings. The second kappa shape index (κ2) is 9.23. The summed E-state index contributed by atoms with van der Waals surface area (Å²) < 4.78 is 5.76. The highest BCUT2D eigenvalue weighted by Crippen LogP contribution is 2.22. The maximum absolute atomic E-state index is 12.4. The molecule has 0 saturated carbocycles. The lowest BCUT2D eigenvalue weighted by Crippen LogP contribution is -3.08. The summed E-state index contributed by atoms with van der Waals surface area (Å²) in [5.41, 5.74) is 1.17. The van der Waals surface area contributed by atoms with Crippen LogP contribution in [0.2, 0.25) is 0 Å². The minimum absolute atomic E-state index is 0.127. The highest BCUT2D eigenvalue weighted by molar-refractivity contribution is 5.91. The first-order valence-corrected chi connectivity index (χ1v) is 9.99. The van der Waals surface area contributed by atoms with E-state index in [1.165, 1.54) is 0 Å². The number of para-hydroxylation sites is 2. The van der Waals surface area contributed by atoms with Crippen molar-refractivity contribution in [3.05, 3.63) is 95.0 Å². The van der Waals surface area contributed by atoms with E-state index in [0.29, 0.717) is 34.7 Å². The van der Waals surface area contributed by atoms with E-state index in [-0.39, 0.29) is 18.0 Å². The number of hydrogen-bond donors (Lipinski definition) is 3. The van der Waals surface area contributed by atoms with Gasteiger partial charge in [-0.1, -0.05) is 30.3 Å². The Morgan fingerprint density at radius 2 is 1.65 bits per heavy atom. The van der Waals surface area contributed by atoms with Gasteiger partial charge in [0.25, 0.3) is 11.5 Å². The molecule has 1 unspecified atom stereocenters. The molecule has 31 heavy (non-hydrogen) atoms. The molecule has 0 bridgehead atoms. The van der Waals surface area contributed by atoms with Gasteiger partial charge in [-0.3, -0.25) is 9.59 Å². The number of amides is 1. The Balaban J connectivity index is 1.32. The van der Waals surface area contributed by atoms with Gasteiger partial charge in [0.05, 0.1) is 18.0 Å². The molecule has 0 aliphatic rings. The first-order valence-electron chi connectivity index (χ1n) is 9.99. The normalized spacial score (nSPS) is 11.8. The van der Waals surface area contributed by atoms with Crippen LogP contribution in [0, 0.1) is 0 Å². The van der Waals surface area contributed by atoms with Crippen molar-refractivity contribution >= 4 is 22.5 Å². The summed E-state index contributed by atoms with van der Waals surface area (Å²) in [5, 5.41) is 3.44. The molecule has 0 aliphatic carbocycles. The Bertz CT molecular complexity index is 1240. The third-order valence-corrected chi connectivity index (χ3v) is 4.71. The number of carbonyl (C=O) groups excluding carboxylic acids is 1. The molecule has 4 aromatic rings. The van der Waals surface area contributed by atoms with E-state index in [1.807, 2.05) is 55.6 Å². The van der Waals surface area contributed by atoms with Crippen LogP contribution in [0.3, 0.4) is 0 Å². The number of benzene rings is 3. The van der Waals surface area contributed by atoms with Gasteiger partial charge in [-0.15, -0.1) is 0 Å². The van der Waals surface area contributed by atoms with Crippen LogP contribution < -0.4 is 20.5 Å². The predicted molar refractivity (Wildman–Crippen MR) is 119 cm³/mol. The highest BCUT2D eigenvalue weighted by Gasteiger charge is 2.13. The van der Waals surface area contributed by atoms with Gasteiger partial charge in [0.1, 0.15) is 18.0 Å². The van der Waals surface area contributed by atoms with E-state index in [4.69, 9.17) is 4.74 Å². The lowest BCUT2D eigenvalue weighted by molar-refractivity contribution is -0.885. The summed E-state index contributed by atoms with van der Waals surface area (Å²) in [6.07, 6.45) is 0. The summed E-state index contributed by atoms with van der Waals surface area (Å²) in [6, 6.07) is 23.9. The van der Waals surface area contributed by atoms with Crippen LogP contribution in [0.4, 0.5) is 5.69 Å². The maximum Gasteiger partial charge on any atom is 0.279 e. The van der Waals surface area contributed by atoms with E-state index in [0.717, 1.165) is 10.6 Å². The lowest BCUT2D eigenvalue weighted by Gasteiger charge is -2.14. The van der Waals surface area contributed by atoms with Crippen LogP contribution in [0.1, 0.15) is 5.82 Å². The van der Waals surface area contributed by atoms with Crippen LogP contribution in [0.15, 0.2) is 83.7 Å². The number of likely N-dealkylation sites (N-methyl/N-ethyl adjacent to an activating group) is 1. The molecule has 4 rings (SSSR count). The zero-order chi connectivity index (χ0) is 21.6. The zero-order valence-electron chi connectivity index (χ0n) is 17.1. The molecule has 3 aromatic carbocycles. The van der Waals surface area contributed by atoms with Crippen molar-refractivity contribution in [1.29, 1.82) is 0 Å². The molecule has 1 atom stereocenters. The first kappa shape index (κ1) is 20.3. The molecule has 7 nitrogen and oxygen atoms in total. The third-order valence-electron chi connectivity index (χ3n) is 4.71. The molecule has 3 N–H and O–H groups in total. The van der Waals surface area contributed by atoms with Crippen LogP contribution in [0.25, 0.3) is 10.9 Å². The summed E-state index contributed by atoms with van der Waals surface area (Å²) in [7, 11) is 1.88. The maximum atomic E-state index is 12.4. The zero-order valence-corrected chi connectivity index (χ0v) is 17.1. The van der Waals surface area contributed by atoms with Crippen LogP contribution in [-0.2, 0) is 11.3 Å². The topological polar surface area (TPSA) is 88.5 Å². The molecule has 1 aromatic heterocycles. The number of rotatable bonds is 7. The Morgan fingerprint density at radius 1 is 0.968 bits per heavy atom. The Hall–Kier alpha value is -3.97. The van der Waals surface area contributed by atoms with Crippen molar-refractivity contribution in [1.82, 2.24) is 9.97 Å². The van der Waals surface area contributed by atoms with E-state index in [9.17, 15) is 9.59 Å². The minimum atomic E-state index is -0.171. The summed E-state index contributed by atoms with van der Waals surface area (Å²) >= 11 is 0. The number of aromatic amines is 1. The van der Waals surface area contributed by atoms with E-state index < -0.39 is 0 Å². The van der Waals surface area contributed by atoms with Gasteiger partial charge in [0.15, 0.2) is 12.4 Å². The van der Waals surface area contributed by atoms with E-state index in [1.54, 1.807) is 30.3 Å². The molecule has 156 valence electrons. The first-order chi connectivity index (χ1) is 15.1. The molecular formula is C24H23N4O3+. The van der Waals surface area contributed by atoms with Crippen molar-refractivity contribution < 1.29 is 14.4 Å². The quantitative estimate of drug-likeness (QED) is 0.432. The average Bonchev–Trinajstić information content (AvgIpc) is 2.76. The summed E-state index contributed by atoms with van der Waals surface area (Å²) in [4.78, 5) is 32.8. The molecule has 0 saturated heterocycles. The molecule has 1 heterocycles. The number of fused-ring (bicyclic) bond motifs is 1. The fourth-order valence-electron chi connectivity index (χ4n) is 3.28. The molecule has 1 amide bonds. The Morgan fingerprint density at radius 3 is 2.42 bits per heavy atom. The number of anilines is 1. The second-order valence-corrected chi connectivity index (χ2v) is 7.33. The molecule has 7 heteroatoms. The average molecular weight is 415 g/mol. The number of nitrogens with zero attached hydrogens (tertiary/aromatic N) is 1. The number of quaternary nitrogens is 1. The smallest absolute Gasteiger partial charge is 0.279 e. The molecule has 0 radical (unpaired) electrons. The van der Waals surface area contributed by atoms with Crippen LogP contribution >= 0.6 is 0 Å². The standard InChI is InChI=1S/C24H22N4O3/c1-28(15-22-26-21-10-6-5-9-20(21)24(30)27-22)16-23(29)25-17-11-13-19(14-12-17)31-18-7-3-2-4-8-18/h2-14H,15-16H2,1H3,(H,25,29)(H,26,27,30)/p+1. The SMILES string of the molecule is C[NH+](CC(=O)Nc1ccc(Oc2ccccc2)cc1)Cc1nc2ccccc2c(=O)[nH]1. The van der Waals surface area contributed by atoms with Crippen molar-refractivity contribution in [2.24, 2.45) is 0 Å². The number of H-pyrrole nitrogens is 1. The fraction of sp³-hybridized carbons (Fsp3) is 0.125. The Labute approximate surface area is 179 Å². The van der Waals surface area contributed by atoms with E-state index in [2.05, 4.69) is 15.3 Å². The minimum Gasteiger partial charge on any atom is -0.457 e. The van der Waals surface area contributed by atoms with Crippen molar-refractivity contribution in [2.45, 2.75) is 6.54 Å². The summed E-state index contributed by atoms with van der Waals surface area (Å²) in [6.45, 7) is 0.663. The molecular weight excluding hydrogens is 392 g/mol. The van der Waals surface area contributed by atoms with Gasteiger partial charge < -0.3 is 19.9 Å². The van der Waals surface area contributed by atoms with Gasteiger partial charge in [-0.05, 0) is 48.5 Å². The number of hydrogen-bond acceptors (Lipinski definition) is 4. The number of aromatic nitrogens is 2. The van der Waals surface area contributed by atoms with Gasteiger partial charge in [-0.2, -0.15) is 0 Å². The van der Waals surface area contributed by atoms with Crippen molar-refractivity contribution in [2.75, 3.05) is 18.9 Å². The predicted octanol–water partition coefficient (Wildman–Crippen LogP) is 2.37. The molecule has 0 spiro atoms. The van der Waals surface area contributed by atoms with Crippen LogP contribution in [-0.4, -0.2) is 29.5 Å². The summed E-state index contributed by atoms with van der Waals surface area (Å²) in [5.74, 6) is 1.87. The van der Waals surface area contributed by atoms with E-state index >= 15 is 0 Å². The van der Waals surface area contributed by atoms with Crippen LogP contribution in [0.5, 0.6) is 11.5 Å². The Kier molecular flexibility index (Phi) is 6.05. The van der Waals surface area contributed by atoms with Gasteiger partial charge in [0.2, 0.25) is 0 Å². The van der Waals surface area contributed by atoms with Gasteiger partial charge in [-0.25, -0.2) is 4.98 Å². The highest BCUT2D eigenvalue weighted by atomic mass is 16.5. The lowest BCUT2D eigenvalue weighted by atomic mass is 10.2.